The van der Waals surface area contributed by atoms with Gasteiger partial charge in [0.15, 0.2) is 17.6 Å². The van der Waals surface area contributed by atoms with E-state index in [1.165, 1.54) is 36.4 Å². The number of nitrogens with zero attached hydrogens (tertiary/aromatic N) is 2. The Bertz CT molecular complexity index is 1040. The molecule has 1 aromatic heterocycles. The van der Waals surface area contributed by atoms with Crippen LogP contribution in [0.1, 0.15) is 0 Å². The molecule has 1 heterocycles. The van der Waals surface area contributed by atoms with E-state index in [9.17, 15) is 13.2 Å². The highest BCUT2D eigenvalue weighted by molar-refractivity contribution is 7.92. The minimum atomic E-state index is -3.85. The topological polar surface area (TPSA) is 110 Å². The molecule has 0 saturated carbocycles. The SMILES string of the molecule is O=C(COc1ccccc1)Nc1ccc(S(=O)(=O)Nc2ccc(Cl)nn2)cc1. The molecule has 0 atom stereocenters. The number of amides is 1. The smallest absolute Gasteiger partial charge is 0.263 e. The molecule has 2 aromatic carbocycles. The molecule has 10 heteroatoms. The number of nitrogens with one attached hydrogen (secondary N) is 2. The number of halogens is 1. The molecular formula is C18H15ClN4O4S. The molecule has 3 aromatic rings. The van der Waals surface area contributed by atoms with Crippen LogP contribution in [0.5, 0.6) is 5.75 Å². The molecule has 0 unspecified atom stereocenters. The van der Waals surface area contributed by atoms with Crippen molar-refractivity contribution in [2.75, 3.05) is 16.6 Å². The molecule has 0 spiro atoms. The van der Waals surface area contributed by atoms with Crippen molar-refractivity contribution in [2.45, 2.75) is 4.90 Å². The van der Waals surface area contributed by atoms with Gasteiger partial charge in [-0.25, -0.2) is 8.42 Å². The van der Waals surface area contributed by atoms with Crippen molar-refractivity contribution in [2.24, 2.45) is 0 Å². The first-order valence-electron chi connectivity index (χ1n) is 8.02. The van der Waals surface area contributed by atoms with E-state index in [0.717, 1.165) is 0 Å². The maximum atomic E-state index is 12.4. The summed E-state index contributed by atoms with van der Waals surface area (Å²) in [5.74, 6) is 0.254. The Hall–Kier alpha value is -3.17. The predicted molar refractivity (Wildman–Crippen MR) is 105 cm³/mol. The lowest BCUT2D eigenvalue weighted by Crippen LogP contribution is -2.20. The zero-order valence-electron chi connectivity index (χ0n) is 14.4. The molecule has 0 aliphatic rings. The molecule has 0 fully saturated rings. The molecule has 0 saturated heterocycles. The van der Waals surface area contributed by atoms with Crippen LogP contribution in [-0.2, 0) is 14.8 Å². The normalized spacial score (nSPS) is 10.9. The molecule has 0 radical (unpaired) electrons. The van der Waals surface area contributed by atoms with Gasteiger partial charge in [0.2, 0.25) is 0 Å². The third-order valence-corrected chi connectivity index (χ3v) is 5.00. The van der Waals surface area contributed by atoms with Gasteiger partial charge in [0, 0.05) is 5.69 Å². The fourth-order valence-corrected chi connectivity index (χ4v) is 3.24. The van der Waals surface area contributed by atoms with Crippen LogP contribution < -0.4 is 14.8 Å². The van der Waals surface area contributed by atoms with E-state index in [4.69, 9.17) is 16.3 Å². The number of hydrogen-bond donors (Lipinski definition) is 2. The minimum absolute atomic E-state index is 0.00258. The fourth-order valence-electron chi connectivity index (χ4n) is 2.15. The van der Waals surface area contributed by atoms with Crippen molar-refractivity contribution in [3.05, 3.63) is 71.9 Å². The first-order chi connectivity index (χ1) is 13.4. The second-order valence-electron chi connectivity index (χ2n) is 5.52. The summed E-state index contributed by atoms with van der Waals surface area (Å²) in [6, 6.07) is 17.4. The fraction of sp³-hybridized carbons (Fsp3) is 0.0556. The summed E-state index contributed by atoms with van der Waals surface area (Å²) in [7, 11) is -3.85. The Labute approximate surface area is 166 Å². The summed E-state index contributed by atoms with van der Waals surface area (Å²) in [4.78, 5) is 11.9. The molecule has 2 N–H and O–H groups in total. The largest absolute Gasteiger partial charge is 0.484 e. The Morgan fingerprint density at radius 1 is 0.964 bits per heavy atom. The number of para-hydroxylation sites is 1. The van der Waals surface area contributed by atoms with E-state index in [1.807, 2.05) is 6.07 Å². The number of ether oxygens (including phenoxy) is 1. The highest BCUT2D eigenvalue weighted by atomic mass is 35.5. The zero-order valence-corrected chi connectivity index (χ0v) is 15.9. The van der Waals surface area contributed by atoms with Crippen LogP contribution in [0.3, 0.4) is 0 Å². The van der Waals surface area contributed by atoms with Crippen molar-refractivity contribution < 1.29 is 17.9 Å². The number of anilines is 2. The van der Waals surface area contributed by atoms with Crippen molar-refractivity contribution in [3.63, 3.8) is 0 Å². The van der Waals surface area contributed by atoms with Gasteiger partial charge in [0.05, 0.1) is 4.90 Å². The summed E-state index contributed by atoms with van der Waals surface area (Å²) >= 11 is 5.62. The number of carbonyl (C=O) groups excluding carboxylic acids is 1. The number of rotatable bonds is 7. The van der Waals surface area contributed by atoms with Crippen molar-refractivity contribution in [1.29, 1.82) is 0 Å². The molecule has 28 heavy (non-hydrogen) atoms. The second kappa shape index (κ2) is 8.68. The van der Waals surface area contributed by atoms with E-state index in [1.54, 1.807) is 24.3 Å². The van der Waals surface area contributed by atoms with Crippen molar-refractivity contribution >= 4 is 39.0 Å². The van der Waals surface area contributed by atoms with E-state index < -0.39 is 10.0 Å². The van der Waals surface area contributed by atoms with Gasteiger partial charge in [-0.1, -0.05) is 29.8 Å². The lowest BCUT2D eigenvalue weighted by atomic mass is 10.3. The number of benzene rings is 2. The standard InChI is InChI=1S/C18H15ClN4O4S/c19-16-10-11-17(22-21-16)23-28(25,26)15-8-6-13(7-9-15)20-18(24)12-27-14-4-2-1-3-5-14/h1-11H,12H2,(H,20,24)(H,22,23). The molecule has 3 rings (SSSR count). The van der Waals surface area contributed by atoms with Crippen molar-refractivity contribution in [3.8, 4) is 5.75 Å². The Morgan fingerprint density at radius 2 is 1.68 bits per heavy atom. The summed E-state index contributed by atoms with van der Waals surface area (Å²) in [5, 5.41) is 10.0. The van der Waals surface area contributed by atoms with Crippen LogP contribution in [-0.4, -0.2) is 31.1 Å². The number of hydrogen-bond acceptors (Lipinski definition) is 6. The highest BCUT2D eigenvalue weighted by Crippen LogP contribution is 2.17. The summed E-state index contributed by atoms with van der Waals surface area (Å²) in [5.41, 5.74) is 0.437. The van der Waals surface area contributed by atoms with Crippen molar-refractivity contribution in [1.82, 2.24) is 10.2 Å². The highest BCUT2D eigenvalue weighted by Gasteiger charge is 2.15. The monoisotopic (exact) mass is 418 g/mol. The van der Waals surface area contributed by atoms with Gasteiger partial charge in [-0.3, -0.25) is 9.52 Å². The van der Waals surface area contributed by atoms with E-state index in [0.29, 0.717) is 11.4 Å². The third kappa shape index (κ3) is 5.41. The van der Waals surface area contributed by atoms with E-state index in [-0.39, 0.29) is 28.4 Å². The second-order valence-corrected chi connectivity index (χ2v) is 7.59. The van der Waals surface area contributed by atoms with Crippen LogP contribution in [0.25, 0.3) is 0 Å². The number of sulfonamides is 1. The number of carbonyl (C=O) groups is 1. The quantitative estimate of drug-likeness (QED) is 0.610. The average molecular weight is 419 g/mol. The third-order valence-electron chi connectivity index (χ3n) is 3.43. The Morgan fingerprint density at radius 3 is 2.32 bits per heavy atom. The lowest BCUT2D eigenvalue weighted by molar-refractivity contribution is -0.118. The Balaban J connectivity index is 1.59. The van der Waals surface area contributed by atoms with E-state index in [2.05, 4.69) is 20.2 Å². The average Bonchev–Trinajstić information content (AvgIpc) is 2.69. The first-order valence-corrected chi connectivity index (χ1v) is 9.88. The van der Waals surface area contributed by atoms with Gasteiger partial charge < -0.3 is 10.1 Å². The van der Waals surface area contributed by atoms with Crippen LogP contribution in [0.4, 0.5) is 11.5 Å². The maximum absolute atomic E-state index is 12.4. The molecule has 0 aliphatic carbocycles. The molecular weight excluding hydrogens is 404 g/mol. The maximum Gasteiger partial charge on any atom is 0.263 e. The molecule has 144 valence electrons. The van der Waals surface area contributed by atoms with Gasteiger partial charge in [-0.15, -0.1) is 10.2 Å². The first kappa shape index (κ1) is 19.6. The summed E-state index contributed by atoms with van der Waals surface area (Å²) in [6.45, 7) is -0.166. The lowest BCUT2D eigenvalue weighted by Gasteiger charge is -2.09. The molecule has 1 amide bonds. The predicted octanol–water partition coefficient (Wildman–Crippen LogP) is 2.95. The van der Waals surface area contributed by atoms with Gasteiger partial charge in [-0.05, 0) is 48.5 Å². The van der Waals surface area contributed by atoms with Crippen LogP contribution in [0.2, 0.25) is 5.15 Å². The minimum Gasteiger partial charge on any atom is -0.484 e. The number of aromatic nitrogens is 2. The summed E-state index contributed by atoms with van der Waals surface area (Å²) < 4.78 is 32.4. The van der Waals surface area contributed by atoms with Crippen LogP contribution >= 0.6 is 11.6 Å². The van der Waals surface area contributed by atoms with E-state index >= 15 is 0 Å². The van der Waals surface area contributed by atoms with Gasteiger partial charge >= 0.3 is 0 Å². The zero-order chi connectivity index (χ0) is 20.0. The summed E-state index contributed by atoms with van der Waals surface area (Å²) in [6.07, 6.45) is 0. The van der Waals surface area contributed by atoms with Gasteiger partial charge in [-0.2, -0.15) is 0 Å². The van der Waals surface area contributed by atoms with Crippen LogP contribution in [0.15, 0.2) is 71.6 Å². The molecule has 0 bridgehead atoms. The molecule has 8 nitrogen and oxygen atoms in total. The van der Waals surface area contributed by atoms with Gasteiger partial charge in [0.25, 0.3) is 15.9 Å². The Kier molecular flexibility index (Phi) is 6.07. The van der Waals surface area contributed by atoms with Gasteiger partial charge in [0.1, 0.15) is 5.75 Å². The van der Waals surface area contributed by atoms with Crippen LogP contribution in [0, 0.1) is 0 Å². The molecule has 0 aliphatic heterocycles.